The van der Waals surface area contributed by atoms with Crippen LogP contribution in [0.25, 0.3) is 0 Å². The molecule has 1 aromatic heterocycles. The summed E-state index contributed by atoms with van der Waals surface area (Å²) in [5.74, 6) is 0.451. The molecule has 7 heteroatoms. The van der Waals surface area contributed by atoms with Crippen LogP contribution in [0.15, 0.2) is 30.3 Å². The number of tetrazole rings is 1. The van der Waals surface area contributed by atoms with Crippen molar-refractivity contribution >= 4 is 5.97 Å². The largest absolute Gasteiger partial charge is 0.493 e. The molecule has 3 rings (SSSR count). The van der Waals surface area contributed by atoms with Crippen molar-refractivity contribution in [1.29, 1.82) is 0 Å². The number of nitrogens with zero attached hydrogens (tertiary/aromatic N) is 4. The highest BCUT2D eigenvalue weighted by molar-refractivity contribution is 5.77. The molecule has 1 aromatic carbocycles. The maximum absolute atomic E-state index is 11.5. The third-order valence-electron chi connectivity index (χ3n) is 3.86. The first-order chi connectivity index (χ1) is 10.2. The minimum Gasteiger partial charge on any atom is -0.493 e. The van der Waals surface area contributed by atoms with Crippen LogP contribution < -0.4 is 4.74 Å². The molecular formula is C14H16N4O3. The van der Waals surface area contributed by atoms with E-state index in [0.717, 1.165) is 12.2 Å². The van der Waals surface area contributed by atoms with Gasteiger partial charge >= 0.3 is 5.97 Å². The Morgan fingerprint density at radius 1 is 1.33 bits per heavy atom. The number of hydrogen-bond donors (Lipinski definition) is 1. The molecule has 21 heavy (non-hydrogen) atoms. The van der Waals surface area contributed by atoms with Crippen LogP contribution in [-0.2, 0) is 16.8 Å². The number of benzene rings is 1. The average molecular weight is 288 g/mol. The van der Waals surface area contributed by atoms with Gasteiger partial charge in [0.05, 0.1) is 6.61 Å². The number of ether oxygens (including phenoxy) is 1. The Morgan fingerprint density at radius 3 is 2.71 bits per heavy atom. The van der Waals surface area contributed by atoms with Crippen molar-refractivity contribution in [2.75, 3.05) is 6.61 Å². The van der Waals surface area contributed by atoms with Crippen molar-refractivity contribution in [3.05, 3.63) is 36.2 Å². The second-order valence-corrected chi connectivity index (χ2v) is 5.11. The van der Waals surface area contributed by atoms with E-state index in [0.29, 0.717) is 31.7 Å². The van der Waals surface area contributed by atoms with Crippen LogP contribution in [0.2, 0.25) is 0 Å². The zero-order valence-corrected chi connectivity index (χ0v) is 11.5. The Bertz CT molecular complexity index is 622. The zero-order valence-electron chi connectivity index (χ0n) is 11.5. The number of para-hydroxylation sites is 1. The molecule has 0 bridgehead atoms. The molecule has 1 heterocycles. The van der Waals surface area contributed by atoms with Crippen LogP contribution in [0.1, 0.15) is 25.1 Å². The minimum absolute atomic E-state index is 0.403. The lowest BCUT2D eigenvalue weighted by molar-refractivity contribution is -0.153. The van der Waals surface area contributed by atoms with E-state index in [9.17, 15) is 9.90 Å². The number of hydrogen-bond acceptors (Lipinski definition) is 5. The first-order valence-electron chi connectivity index (χ1n) is 6.91. The SMILES string of the molecule is O=C(O)C1(n2nnnc2CCOc2ccccc2)CCC1. The predicted octanol–water partition coefficient (Wildman–Crippen LogP) is 1.26. The molecule has 0 saturated heterocycles. The summed E-state index contributed by atoms with van der Waals surface area (Å²) < 4.78 is 7.05. The van der Waals surface area contributed by atoms with E-state index >= 15 is 0 Å². The molecular weight excluding hydrogens is 272 g/mol. The summed E-state index contributed by atoms with van der Waals surface area (Å²) in [5, 5.41) is 20.9. The summed E-state index contributed by atoms with van der Waals surface area (Å²) in [6.07, 6.45) is 2.49. The second kappa shape index (κ2) is 5.51. The Labute approximate surface area is 121 Å². The van der Waals surface area contributed by atoms with Crippen molar-refractivity contribution in [3.8, 4) is 5.75 Å². The van der Waals surface area contributed by atoms with Crippen molar-refractivity contribution in [2.45, 2.75) is 31.2 Å². The van der Waals surface area contributed by atoms with Crippen molar-refractivity contribution in [3.63, 3.8) is 0 Å². The first-order valence-corrected chi connectivity index (χ1v) is 6.91. The average Bonchev–Trinajstić information content (AvgIpc) is 2.87. The monoisotopic (exact) mass is 288 g/mol. The number of rotatable bonds is 6. The van der Waals surface area contributed by atoms with Gasteiger partial charge in [0.15, 0.2) is 11.4 Å². The van der Waals surface area contributed by atoms with Gasteiger partial charge in [-0.2, -0.15) is 0 Å². The third-order valence-corrected chi connectivity index (χ3v) is 3.86. The summed E-state index contributed by atoms with van der Waals surface area (Å²) in [6, 6.07) is 9.45. The van der Waals surface area contributed by atoms with Crippen LogP contribution in [-0.4, -0.2) is 37.9 Å². The van der Waals surface area contributed by atoms with E-state index in [2.05, 4.69) is 15.5 Å². The molecule has 1 N–H and O–H groups in total. The normalized spacial score (nSPS) is 16.2. The zero-order chi connectivity index (χ0) is 14.7. The van der Waals surface area contributed by atoms with E-state index in [1.807, 2.05) is 30.3 Å². The molecule has 1 aliphatic carbocycles. The molecule has 1 aliphatic rings. The fourth-order valence-electron chi connectivity index (χ4n) is 2.50. The van der Waals surface area contributed by atoms with Gasteiger partial charge < -0.3 is 9.84 Å². The Hall–Kier alpha value is -2.44. The Kier molecular flexibility index (Phi) is 3.55. The lowest BCUT2D eigenvalue weighted by Gasteiger charge is -2.37. The van der Waals surface area contributed by atoms with Crippen molar-refractivity contribution in [1.82, 2.24) is 20.2 Å². The molecule has 110 valence electrons. The van der Waals surface area contributed by atoms with Crippen LogP contribution >= 0.6 is 0 Å². The van der Waals surface area contributed by atoms with Gasteiger partial charge in [0.25, 0.3) is 0 Å². The van der Waals surface area contributed by atoms with Gasteiger partial charge in [-0.3, -0.25) is 0 Å². The molecule has 2 aromatic rings. The van der Waals surface area contributed by atoms with Crippen LogP contribution in [0, 0.1) is 0 Å². The van der Waals surface area contributed by atoms with Crippen LogP contribution in [0.5, 0.6) is 5.75 Å². The quantitative estimate of drug-likeness (QED) is 0.860. The summed E-state index contributed by atoms with van der Waals surface area (Å²) in [5.41, 5.74) is -0.967. The van der Waals surface area contributed by atoms with Crippen LogP contribution in [0.3, 0.4) is 0 Å². The fourth-order valence-corrected chi connectivity index (χ4v) is 2.50. The lowest BCUT2D eigenvalue weighted by Crippen LogP contribution is -2.49. The van der Waals surface area contributed by atoms with Gasteiger partial charge in [0.2, 0.25) is 0 Å². The van der Waals surface area contributed by atoms with Gasteiger partial charge in [0, 0.05) is 6.42 Å². The molecule has 0 aliphatic heterocycles. The van der Waals surface area contributed by atoms with E-state index in [-0.39, 0.29) is 0 Å². The van der Waals surface area contributed by atoms with Gasteiger partial charge in [-0.05, 0) is 41.8 Å². The Balaban J connectivity index is 1.67. The van der Waals surface area contributed by atoms with Crippen LogP contribution in [0.4, 0.5) is 0 Å². The number of carbonyl (C=O) groups is 1. The van der Waals surface area contributed by atoms with Gasteiger partial charge in [-0.1, -0.05) is 18.2 Å². The molecule has 0 atom stereocenters. The number of carboxylic acids is 1. The fraction of sp³-hybridized carbons (Fsp3) is 0.429. The molecule has 0 unspecified atom stereocenters. The smallest absolute Gasteiger partial charge is 0.331 e. The molecule has 0 radical (unpaired) electrons. The topological polar surface area (TPSA) is 90.1 Å². The van der Waals surface area contributed by atoms with Crippen molar-refractivity contribution in [2.24, 2.45) is 0 Å². The van der Waals surface area contributed by atoms with Crippen molar-refractivity contribution < 1.29 is 14.6 Å². The summed E-state index contributed by atoms with van der Waals surface area (Å²) in [7, 11) is 0. The van der Waals surface area contributed by atoms with Gasteiger partial charge in [0.1, 0.15) is 5.75 Å². The summed E-state index contributed by atoms with van der Waals surface area (Å²) in [6.45, 7) is 0.403. The first kappa shape index (κ1) is 13.5. The molecule has 7 nitrogen and oxygen atoms in total. The molecule has 0 amide bonds. The molecule has 1 saturated carbocycles. The lowest BCUT2D eigenvalue weighted by atomic mass is 9.77. The standard InChI is InChI=1S/C14H16N4O3/c19-13(20)14(8-4-9-14)18-12(15-16-17-18)7-10-21-11-5-2-1-3-6-11/h1-3,5-6H,4,7-10H2,(H,19,20). The minimum atomic E-state index is -0.967. The predicted molar refractivity (Wildman–Crippen MR) is 72.9 cm³/mol. The van der Waals surface area contributed by atoms with Gasteiger partial charge in [-0.15, -0.1) is 5.10 Å². The maximum Gasteiger partial charge on any atom is 0.331 e. The van der Waals surface area contributed by atoms with E-state index in [1.165, 1.54) is 4.68 Å². The maximum atomic E-state index is 11.5. The van der Waals surface area contributed by atoms with E-state index in [1.54, 1.807) is 0 Å². The number of aliphatic carboxylic acids is 1. The Morgan fingerprint density at radius 2 is 2.10 bits per heavy atom. The summed E-state index contributed by atoms with van der Waals surface area (Å²) >= 11 is 0. The molecule has 0 spiro atoms. The highest BCUT2D eigenvalue weighted by Crippen LogP contribution is 2.39. The highest BCUT2D eigenvalue weighted by atomic mass is 16.5. The second-order valence-electron chi connectivity index (χ2n) is 5.11. The number of aromatic nitrogens is 4. The number of carboxylic acid groups (broad SMARTS) is 1. The van der Waals surface area contributed by atoms with E-state index in [4.69, 9.17) is 4.74 Å². The summed E-state index contributed by atoms with van der Waals surface area (Å²) in [4.78, 5) is 11.5. The third kappa shape index (κ3) is 2.46. The van der Waals surface area contributed by atoms with E-state index < -0.39 is 11.5 Å². The molecule has 1 fully saturated rings. The van der Waals surface area contributed by atoms with Gasteiger partial charge in [-0.25, -0.2) is 9.48 Å². The highest BCUT2D eigenvalue weighted by Gasteiger charge is 2.48.